The molecule has 1 aromatic heterocycles. The third-order valence-electron chi connectivity index (χ3n) is 6.19. The summed E-state index contributed by atoms with van der Waals surface area (Å²) in [6, 6.07) is 10.5. The first-order valence-electron chi connectivity index (χ1n) is 10.1. The number of aromatic nitrogens is 1. The van der Waals surface area contributed by atoms with E-state index in [-0.39, 0.29) is 16.4 Å². The van der Waals surface area contributed by atoms with Gasteiger partial charge in [-0.2, -0.15) is 5.26 Å². The van der Waals surface area contributed by atoms with Gasteiger partial charge in [0.2, 0.25) is 0 Å². The lowest BCUT2D eigenvalue weighted by Crippen LogP contribution is -2.37. The first-order chi connectivity index (χ1) is 14.8. The first kappa shape index (κ1) is 19.9. The molecule has 1 fully saturated rings. The quantitative estimate of drug-likeness (QED) is 0.644. The van der Waals surface area contributed by atoms with Crippen molar-refractivity contribution in [2.75, 3.05) is 26.3 Å². The molecule has 2 aromatic carbocycles. The van der Waals surface area contributed by atoms with Gasteiger partial charge >= 0.3 is 0 Å². The predicted octanol–water partition coefficient (Wildman–Crippen LogP) is 2.97. The van der Waals surface area contributed by atoms with Gasteiger partial charge in [0.05, 0.1) is 35.3 Å². The van der Waals surface area contributed by atoms with Crippen LogP contribution in [0.5, 0.6) is 5.75 Å². The van der Waals surface area contributed by atoms with E-state index in [4.69, 9.17) is 4.74 Å². The molecule has 0 radical (unpaired) electrons. The standard InChI is InChI=1S/C23H21N3O4S/c1-23(2)16-11-18(27)19(31(29)26-5-7-30-8-6-26)10-15(16)21(28)20-14-4-3-13(12-24)9-17(14)25-22(20)23/h3-4,9-11,25,27H,5-8H2,1-2H3. The molecule has 1 unspecified atom stereocenters. The summed E-state index contributed by atoms with van der Waals surface area (Å²) in [5.41, 5.74) is 3.06. The van der Waals surface area contributed by atoms with Crippen LogP contribution in [0.2, 0.25) is 0 Å². The number of H-pyrrole nitrogens is 1. The van der Waals surface area contributed by atoms with Crippen LogP contribution in [0, 0.1) is 11.3 Å². The number of carbonyl (C=O) groups is 1. The summed E-state index contributed by atoms with van der Waals surface area (Å²) >= 11 is 0. The van der Waals surface area contributed by atoms with Crippen molar-refractivity contribution in [3.63, 3.8) is 0 Å². The summed E-state index contributed by atoms with van der Waals surface area (Å²) in [5.74, 6) is -0.267. The normalized spacial score (nSPS) is 18.9. The largest absolute Gasteiger partial charge is 0.507 e. The van der Waals surface area contributed by atoms with Crippen LogP contribution in [0.4, 0.5) is 0 Å². The van der Waals surface area contributed by atoms with E-state index < -0.39 is 16.4 Å². The molecule has 1 aliphatic carbocycles. The number of morpholine rings is 1. The topological polar surface area (TPSA) is 106 Å². The van der Waals surface area contributed by atoms with Crippen molar-refractivity contribution in [2.24, 2.45) is 0 Å². The maximum atomic E-state index is 13.6. The second-order valence-corrected chi connectivity index (χ2v) is 9.81. The lowest BCUT2D eigenvalue weighted by atomic mass is 9.71. The number of aromatic amines is 1. The minimum atomic E-state index is -1.59. The highest BCUT2D eigenvalue weighted by molar-refractivity contribution is 7.82. The van der Waals surface area contributed by atoms with Crippen LogP contribution in [-0.4, -0.2) is 50.7 Å². The molecule has 158 valence electrons. The Morgan fingerprint density at radius 3 is 2.68 bits per heavy atom. The molecule has 5 rings (SSSR count). The number of phenols is 1. The minimum absolute atomic E-state index is 0.0872. The number of phenolic OH excluding ortho intramolecular Hbond substituents is 1. The van der Waals surface area contributed by atoms with Crippen molar-refractivity contribution in [1.29, 1.82) is 5.26 Å². The number of aromatic hydroxyl groups is 1. The smallest absolute Gasteiger partial charge is 0.195 e. The second-order valence-electron chi connectivity index (χ2n) is 8.36. The zero-order valence-electron chi connectivity index (χ0n) is 17.2. The minimum Gasteiger partial charge on any atom is -0.507 e. The number of nitriles is 1. The van der Waals surface area contributed by atoms with E-state index in [1.165, 1.54) is 0 Å². The summed E-state index contributed by atoms with van der Waals surface area (Å²) in [7, 11) is -1.59. The molecule has 31 heavy (non-hydrogen) atoms. The summed E-state index contributed by atoms with van der Waals surface area (Å²) in [4.78, 5) is 17.1. The van der Waals surface area contributed by atoms with Crippen LogP contribution < -0.4 is 0 Å². The number of fused-ring (bicyclic) bond motifs is 4. The maximum absolute atomic E-state index is 13.6. The monoisotopic (exact) mass is 435 g/mol. The predicted molar refractivity (Wildman–Crippen MR) is 115 cm³/mol. The Labute approximate surface area is 181 Å². The Kier molecular flexibility index (Phi) is 4.52. The molecule has 1 aliphatic heterocycles. The zero-order valence-corrected chi connectivity index (χ0v) is 18.0. The Bertz CT molecular complexity index is 1310. The Balaban J connectivity index is 1.68. The van der Waals surface area contributed by atoms with Gasteiger partial charge in [0.1, 0.15) is 16.7 Å². The number of hydrogen-bond donors (Lipinski definition) is 2. The summed E-state index contributed by atoms with van der Waals surface area (Å²) in [6.45, 7) is 5.91. The van der Waals surface area contributed by atoms with Crippen molar-refractivity contribution in [3.8, 4) is 11.8 Å². The molecule has 2 heterocycles. The van der Waals surface area contributed by atoms with Crippen LogP contribution in [0.15, 0.2) is 35.2 Å². The number of rotatable bonds is 2. The molecule has 3 aromatic rings. The van der Waals surface area contributed by atoms with E-state index >= 15 is 0 Å². The van der Waals surface area contributed by atoms with Crippen molar-refractivity contribution < 1.29 is 18.8 Å². The summed E-state index contributed by atoms with van der Waals surface area (Å²) in [6.07, 6.45) is 0. The summed E-state index contributed by atoms with van der Waals surface area (Å²) in [5, 5.41) is 20.7. The van der Waals surface area contributed by atoms with Gasteiger partial charge in [-0.1, -0.05) is 19.9 Å². The average molecular weight is 436 g/mol. The van der Waals surface area contributed by atoms with Crippen molar-refractivity contribution >= 4 is 27.7 Å². The molecule has 0 saturated carbocycles. The first-order valence-corrected chi connectivity index (χ1v) is 11.2. The highest BCUT2D eigenvalue weighted by Crippen LogP contribution is 2.46. The number of benzene rings is 2. The fourth-order valence-electron chi connectivity index (χ4n) is 4.51. The van der Waals surface area contributed by atoms with Gasteiger partial charge < -0.3 is 14.8 Å². The van der Waals surface area contributed by atoms with Gasteiger partial charge in [0.25, 0.3) is 0 Å². The molecule has 2 N–H and O–H groups in total. The van der Waals surface area contributed by atoms with Gasteiger partial charge in [-0.15, -0.1) is 0 Å². The van der Waals surface area contributed by atoms with E-state index in [9.17, 15) is 19.4 Å². The number of hydrogen-bond acceptors (Lipinski definition) is 5. The number of ether oxygens (including phenoxy) is 1. The maximum Gasteiger partial charge on any atom is 0.195 e. The lowest BCUT2D eigenvalue weighted by Gasteiger charge is -2.33. The third-order valence-corrected chi connectivity index (χ3v) is 7.73. The molecule has 0 amide bonds. The highest BCUT2D eigenvalue weighted by atomic mass is 32.2. The molecular formula is C23H21N3O4S. The van der Waals surface area contributed by atoms with Gasteiger partial charge in [-0.05, 0) is 29.8 Å². The van der Waals surface area contributed by atoms with E-state index in [2.05, 4.69) is 11.1 Å². The molecule has 1 saturated heterocycles. The van der Waals surface area contributed by atoms with Crippen LogP contribution in [0.25, 0.3) is 10.9 Å². The number of carbonyl (C=O) groups excluding carboxylic acids is 1. The fourth-order valence-corrected chi connectivity index (χ4v) is 5.72. The van der Waals surface area contributed by atoms with E-state index in [1.54, 1.807) is 34.6 Å². The van der Waals surface area contributed by atoms with Crippen LogP contribution in [0.3, 0.4) is 0 Å². The van der Waals surface area contributed by atoms with Crippen molar-refractivity contribution in [2.45, 2.75) is 24.2 Å². The van der Waals surface area contributed by atoms with Crippen LogP contribution >= 0.6 is 0 Å². The van der Waals surface area contributed by atoms with Gasteiger partial charge in [0, 0.05) is 40.7 Å². The van der Waals surface area contributed by atoms with Gasteiger partial charge in [-0.25, -0.2) is 8.51 Å². The Morgan fingerprint density at radius 2 is 1.97 bits per heavy atom. The van der Waals surface area contributed by atoms with Crippen molar-refractivity contribution in [3.05, 3.63) is 58.3 Å². The third kappa shape index (κ3) is 2.92. The zero-order chi connectivity index (χ0) is 21.9. The Hall–Kier alpha value is -2.99. The van der Waals surface area contributed by atoms with Gasteiger partial charge in [-0.3, -0.25) is 4.79 Å². The molecular weight excluding hydrogens is 414 g/mol. The molecule has 1 atom stereocenters. The molecule has 0 bridgehead atoms. The molecule has 2 aliphatic rings. The summed E-state index contributed by atoms with van der Waals surface area (Å²) < 4.78 is 20.2. The van der Waals surface area contributed by atoms with Crippen molar-refractivity contribution in [1.82, 2.24) is 9.29 Å². The van der Waals surface area contributed by atoms with E-state index in [0.717, 1.165) is 16.6 Å². The molecule has 7 nitrogen and oxygen atoms in total. The SMILES string of the molecule is CC1(C)c2cc(O)c(S(=O)N3CCOCC3)cc2C(=O)c2c1[nH]c1cc(C#N)ccc21. The lowest BCUT2D eigenvalue weighted by molar-refractivity contribution is 0.0751. The highest BCUT2D eigenvalue weighted by Gasteiger charge is 2.41. The van der Waals surface area contributed by atoms with Gasteiger partial charge in [0.15, 0.2) is 5.78 Å². The van der Waals surface area contributed by atoms with E-state index in [0.29, 0.717) is 48.6 Å². The number of nitrogens with zero attached hydrogens (tertiary/aromatic N) is 2. The van der Waals surface area contributed by atoms with Crippen LogP contribution in [0.1, 0.15) is 46.6 Å². The number of nitrogens with one attached hydrogen (secondary N) is 1. The Morgan fingerprint density at radius 1 is 1.23 bits per heavy atom. The average Bonchev–Trinajstić information content (AvgIpc) is 3.17. The fraction of sp³-hybridized carbons (Fsp3) is 0.304. The second kappa shape index (κ2) is 7.02. The van der Waals surface area contributed by atoms with E-state index in [1.807, 2.05) is 13.8 Å². The molecule has 8 heteroatoms. The molecule has 0 spiro atoms. The van der Waals surface area contributed by atoms with Crippen LogP contribution in [-0.2, 0) is 21.1 Å². The number of ketones is 1.